The summed E-state index contributed by atoms with van der Waals surface area (Å²) in [5.74, 6) is 1.61. The summed E-state index contributed by atoms with van der Waals surface area (Å²) in [6.07, 6.45) is 5.39. The second-order valence-electron chi connectivity index (χ2n) is 17.4. The van der Waals surface area contributed by atoms with Crippen molar-refractivity contribution in [2.75, 3.05) is 6.61 Å². The standard InChI is InChI=1S/C33H61N7O2/c1-15-42-24(41)20-34-40-26(23-18-31(9,10)39-32(11,12)19-23)35-25(22-16-29(5,6)38-30(7,8)17-22)36-27(40)37-33(13,14)21-28(2,3)4/h20,22-23,27,37-39H,15-19,21H2,1-14H3. The second kappa shape index (κ2) is 11.9. The molecule has 1 atom stereocenters. The van der Waals surface area contributed by atoms with Crippen molar-refractivity contribution in [3.8, 4) is 0 Å². The zero-order chi connectivity index (χ0) is 31.9. The Morgan fingerprint density at radius 2 is 1.40 bits per heavy atom. The fourth-order valence-corrected chi connectivity index (χ4v) is 8.22. The largest absolute Gasteiger partial charge is 0.462 e. The van der Waals surface area contributed by atoms with Crippen LogP contribution in [0.15, 0.2) is 15.1 Å². The maximum Gasteiger partial charge on any atom is 0.351 e. The van der Waals surface area contributed by atoms with Gasteiger partial charge >= 0.3 is 5.97 Å². The first-order chi connectivity index (χ1) is 18.9. The summed E-state index contributed by atoms with van der Waals surface area (Å²) in [7, 11) is 0. The second-order valence-corrected chi connectivity index (χ2v) is 17.4. The molecule has 3 N–H and O–H groups in total. The van der Waals surface area contributed by atoms with Crippen molar-refractivity contribution >= 4 is 23.9 Å². The molecule has 3 aliphatic heterocycles. The quantitative estimate of drug-likeness (QED) is 0.243. The summed E-state index contributed by atoms with van der Waals surface area (Å²) in [5, 5.41) is 18.1. The van der Waals surface area contributed by atoms with Crippen LogP contribution in [0.1, 0.15) is 129 Å². The highest BCUT2D eigenvalue weighted by Gasteiger charge is 2.46. The van der Waals surface area contributed by atoms with Crippen molar-refractivity contribution in [3.63, 3.8) is 0 Å². The molecule has 3 aliphatic rings. The van der Waals surface area contributed by atoms with Crippen molar-refractivity contribution in [3.05, 3.63) is 0 Å². The third-order valence-electron chi connectivity index (χ3n) is 8.13. The molecule has 0 aromatic carbocycles. The molecule has 0 saturated carbocycles. The number of hydrogen-bond acceptors (Lipinski definition) is 9. The van der Waals surface area contributed by atoms with Gasteiger partial charge < -0.3 is 15.4 Å². The van der Waals surface area contributed by atoms with Gasteiger partial charge in [0.25, 0.3) is 0 Å². The van der Waals surface area contributed by atoms with Crippen LogP contribution >= 0.6 is 0 Å². The van der Waals surface area contributed by atoms with E-state index in [0.29, 0.717) is 6.61 Å². The Hall–Kier alpha value is -1.84. The summed E-state index contributed by atoms with van der Waals surface area (Å²) < 4.78 is 5.22. The van der Waals surface area contributed by atoms with E-state index in [9.17, 15) is 4.79 Å². The molecular weight excluding hydrogens is 526 g/mol. The molecule has 9 heteroatoms. The first kappa shape index (κ1) is 34.6. The predicted molar refractivity (Wildman–Crippen MR) is 175 cm³/mol. The first-order valence-corrected chi connectivity index (χ1v) is 15.9. The number of carbonyl (C=O) groups is 1. The molecule has 0 bridgehead atoms. The van der Waals surface area contributed by atoms with E-state index in [4.69, 9.17) is 19.8 Å². The molecule has 0 spiro atoms. The van der Waals surface area contributed by atoms with E-state index in [1.807, 2.05) is 5.01 Å². The van der Waals surface area contributed by atoms with Crippen molar-refractivity contribution < 1.29 is 9.53 Å². The van der Waals surface area contributed by atoms with Gasteiger partial charge in [0, 0.05) is 39.5 Å². The number of hydrogen-bond donors (Lipinski definition) is 3. The van der Waals surface area contributed by atoms with Crippen molar-refractivity contribution in [1.82, 2.24) is 21.0 Å². The van der Waals surface area contributed by atoms with Gasteiger partial charge in [-0.15, -0.1) is 0 Å². The molecule has 0 amide bonds. The first-order valence-electron chi connectivity index (χ1n) is 15.9. The lowest BCUT2D eigenvalue weighted by atomic mass is 9.74. The van der Waals surface area contributed by atoms with Gasteiger partial charge in [-0.05, 0) is 114 Å². The van der Waals surface area contributed by atoms with Gasteiger partial charge in [0.05, 0.1) is 6.61 Å². The molecule has 0 radical (unpaired) electrons. The monoisotopic (exact) mass is 587 g/mol. The third-order valence-corrected chi connectivity index (χ3v) is 8.13. The smallest absolute Gasteiger partial charge is 0.351 e. The van der Waals surface area contributed by atoms with Gasteiger partial charge in [-0.2, -0.15) is 5.10 Å². The lowest BCUT2D eigenvalue weighted by molar-refractivity contribution is -0.134. The Balaban J connectivity index is 2.16. The average Bonchev–Trinajstić information content (AvgIpc) is 2.71. The molecule has 0 aromatic rings. The van der Waals surface area contributed by atoms with Crippen LogP contribution in [0.25, 0.3) is 0 Å². The van der Waals surface area contributed by atoms with Crippen LogP contribution in [0, 0.1) is 17.3 Å². The maximum atomic E-state index is 12.5. The zero-order valence-electron chi connectivity index (χ0n) is 29.2. The summed E-state index contributed by atoms with van der Waals surface area (Å²) in [6, 6.07) is 0. The third kappa shape index (κ3) is 9.84. The molecule has 9 nitrogen and oxygen atoms in total. The van der Waals surface area contributed by atoms with Gasteiger partial charge in [0.15, 0.2) is 6.29 Å². The highest BCUT2D eigenvalue weighted by Crippen LogP contribution is 2.39. The van der Waals surface area contributed by atoms with Crippen LogP contribution < -0.4 is 16.0 Å². The van der Waals surface area contributed by atoms with Gasteiger partial charge in [-0.3, -0.25) is 5.32 Å². The van der Waals surface area contributed by atoms with Crippen LogP contribution in [0.3, 0.4) is 0 Å². The minimum Gasteiger partial charge on any atom is -0.462 e. The fraction of sp³-hybridized carbons (Fsp3) is 0.879. The van der Waals surface area contributed by atoms with E-state index in [1.54, 1.807) is 6.92 Å². The van der Waals surface area contributed by atoms with E-state index >= 15 is 0 Å². The van der Waals surface area contributed by atoms with E-state index in [1.165, 1.54) is 6.21 Å². The number of rotatable bonds is 8. The molecular formula is C33H61N7O2. The summed E-state index contributed by atoms with van der Waals surface area (Å²) in [5.41, 5.74) is -0.411. The predicted octanol–water partition coefficient (Wildman–Crippen LogP) is 5.85. The molecule has 1 unspecified atom stereocenters. The number of piperidine rings is 2. The van der Waals surface area contributed by atoms with Crippen LogP contribution in [-0.2, 0) is 9.53 Å². The molecule has 240 valence electrons. The minimum absolute atomic E-state index is 0.0447. The van der Waals surface area contributed by atoms with Gasteiger partial charge in [-0.1, -0.05) is 20.8 Å². The van der Waals surface area contributed by atoms with Crippen molar-refractivity contribution in [2.24, 2.45) is 32.3 Å². The summed E-state index contributed by atoms with van der Waals surface area (Å²) >= 11 is 0. The number of aliphatic imine (C=N–C) groups is 2. The Morgan fingerprint density at radius 3 is 1.86 bits per heavy atom. The molecule has 0 aliphatic carbocycles. The van der Waals surface area contributed by atoms with Crippen LogP contribution in [-0.4, -0.2) is 69.5 Å². The number of carbonyl (C=O) groups excluding carboxylic acids is 1. The highest BCUT2D eigenvalue weighted by molar-refractivity contribution is 6.23. The van der Waals surface area contributed by atoms with E-state index in [2.05, 4.69) is 106 Å². The van der Waals surface area contributed by atoms with Crippen LogP contribution in [0.4, 0.5) is 0 Å². The zero-order valence-corrected chi connectivity index (χ0v) is 29.2. The normalized spacial score (nSPS) is 26.6. The molecule has 3 heterocycles. The average molecular weight is 588 g/mol. The highest BCUT2D eigenvalue weighted by atomic mass is 16.5. The number of amidine groups is 2. The number of nitrogens with one attached hydrogen (secondary N) is 3. The molecule has 0 aromatic heterocycles. The topological polar surface area (TPSA) is 103 Å². The van der Waals surface area contributed by atoms with Gasteiger partial charge in [-0.25, -0.2) is 19.8 Å². The van der Waals surface area contributed by atoms with E-state index in [-0.39, 0.29) is 44.9 Å². The van der Waals surface area contributed by atoms with E-state index in [0.717, 1.165) is 43.8 Å². The number of hydrazone groups is 1. The van der Waals surface area contributed by atoms with E-state index < -0.39 is 12.3 Å². The maximum absolute atomic E-state index is 12.5. The van der Waals surface area contributed by atoms with Crippen LogP contribution in [0.2, 0.25) is 0 Å². The fourth-order valence-electron chi connectivity index (χ4n) is 8.22. The number of esters is 1. The Kier molecular flexibility index (Phi) is 9.84. The minimum atomic E-state index is -0.502. The number of ether oxygens (including phenoxy) is 1. The molecule has 2 saturated heterocycles. The lowest BCUT2D eigenvalue weighted by Crippen LogP contribution is -2.63. The van der Waals surface area contributed by atoms with Crippen LogP contribution in [0.5, 0.6) is 0 Å². The summed E-state index contributed by atoms with van der Waals surface area (Å²) in [6.45, 7) is 31.4. The van der Waals surface area contributed by atoms with Gasteiger partial charge in [0.2, 0.25) is 0 Å². The SMILES string of the molecule is CCOC(=O)C=NN1C(C2CC(C)(C)NC(C)(C)C2)=NC(C2CC(C)(C)NC(C)(C)C2)=NC1NC(C)(C)CC(C)(C)C. The van der Waals surface area contributed by atoms with Crippen molar-refractivity contribution in [2.45, 2.75) is 163 Å². The molecule has 3 rings (SSSR count). The Morgan fingerprint density at radius 1 is 0.929 bits per heavy atom. The molecule has 2 fully saturated rings. The summed E-state index contributed by atoms with van der Waals surface area (Å²) in [4.78, 5) is 23.2. The van der Waals surface area contributed by atoms with Gasteiger partial charge in [0.1, 0.15) is 17.9 Å². The van der Waals surface area contributed by atoms with Crippen molar-refractivity contribution in [1.29, 1.82) is 0 Å². The Labute approximate surface area is 256 Å². The Bertz CT molecular complexity index is 1050. The number of nitrogens with zero attached hydrogens (tertiary/aromatic N) is 4. The lowest BCUT2D eigenvalue weighted by Gasteiger charge is -2.50. The molecule has 42 heavy (non-hydrogen) atoms.